The second-order valence-electron chi connectivity index (χ2n) is 5.72. The van der Waals surface area contributed by atoms with Crippen LogP contribution in [0.2, 0.25) is 0 Å². The highest BCUT2D eigenvalue weighted by molar-refractivity contribution is 5.87. The van der Waals surface area contributed by atoms with E-state index in [-0.39, 0.29) is 18.4 Å². The van der Waals surface area contributed by atoms with Crippen LogP contribution in [0.15, 0.2) is 0 Å². The number of esters is 1. The predicted octanol–water partition coefficient (Wildman–Crippen LogP) is 1.16. The molecule has 0 aromatic carbocycles. The average molecular weight is 270 g/mol. The maximum atomic E-state index is 12.6. The third-order valence-electron chi connectivity index (χ3n) is 3.65. The van der Waals surface area contributed by atoms with Crippen LogP contribution in [0, 0.1) is 11.3 Å². The van der Waals surface area contributed by atoms with Crippen molar-refractivity contribution in [1.29, 1.82) is 0 Å². The van der Waals surface area contributed by atoms with Gasteiger partial charge in [0, 0.05) is 13.1 Å². The third-order valence-corrected chi connectivity index (χ3v) is 3.65. The van der Waals surface area contributed by atoms with Gasteiger partial charge in [0.25, 0.3) is 0 Å². The van der Waals surface area contributed by atoms with Gasteiger partial charge in [-0.15, -0.1) is 0 Å². The fraction of sp³-hybridized carbons (Fsp3) is 0.857. The summed E-state index contributed by atoms with van der Waals surface area (Å²) in [6, 6.07) is 0. The van der Waals surface area contributed by atoms with Crippen molar-refractivity contribution < 1.29 is 14.3 Å². The lowest BCUT2D eigenvalue weighted by Crippen LogP contribution is -2.53. The van der Waals surface area contributed by atoms with Gasteiger partial charge in [-0.3, -0.25) is 9.59 Å². The first-order valence-corrected chi connectivity index (χ1v) is 7.10. The molecule has 1 amide bonds. The Morgan fingerprint density at radius 2 is 2.00 bits per heavy atom. The molecule has 2 N–H and O–H groups in total. The lowest BCUT2D eigenvalue weighted by atomic mass is 9.67. The summed E-state index contributed by atoms with van der Waals surface area (Å²) in [5.41, 5.74) is 5.33. The number of carbonyl (C=O) groups is 2. The van der Waals surface area contributed by atoms with E-state index in [0.29, 0.717) is 25.6 Å². The molecule has 0 atom stereocenters. The molecule has 0 heterocycles. The summed E-state index contributed by atoms with van der Waals surface area (Å²) in [4.78, 5) is 25.8. The zero-order chi connectivity index (χ0) is 14.5. The van der Waals surface area contributed by atoms with E-state index in [1.807, 2.05) is 13.8 Å². The van der Waals surface area contributed by atoms with Crippen LogP contribution in [0.25, 0.3) is 0 Å². The molecule has 1 aliphatic carbocycles. The average Bonchev–Trinajstić information content (AvgIpc) is 2.27. The van der Waals surface area contributed by atoms with Gasteiger partial charge in [-0.2, -0.15) is 0 Å². The minimum absolute atomic E-state index is 0.0167. The van der Waals surface area contributed by atoms with Crippen molar-refractivity contribution in [3.8, 4) is 0 Å². The summed E-state index contributed by atoms with van der Waals surface area (Å²) >= 11 is 0. The Morgan fingerprint density at radius 1 is 1.37 bits per heavy atom. The van der Waals surface area contributed by atoms with Crippen molar-refractivity contribution in [3.05, 3.63) is 0 Å². The number of ether oxygens (including phenoxy) is 1. The minimum atomic E-state index is -0.429. The van der Waals surface area contributed by atoms with Gasteiger partial charge in [-0.05, 0) is 25.7 Å². The summed E-state index contributed by atoms with van der Waals surface area (Å²) in [6.07, 6.45) is 2.71. The first-order chi connectivity index (χ1) is 8.95. The number of rotatable bonds is 7. The highest BCUT2D eigenvalue weighted by Gasteiger charge is 2.45. The predicted molar refractivity (Wildman–Crippen MR) is 73.4 cm³/mol. The monoisotopic (exact) mass is 270 g/mol. The van der Waals surface area contributed by atoms with E-state index in [0.717, 1.165) is 19.3 Å². The Balaban J connectivity index is 2.72. The lowest BCUT2D eigenvalue weighted by molar-refractivity contribution is -0.156. The van der Waals surface area contributed by atoms with Crippen molar-refractivity contribution in [2.45, 2.75) is 40.0 Å². The van der Waals surface area contributed by atoms with E-state index in [1.54, 1.807) is 11.8 Å². The molecule has 1 fully saturated rings. The summed E-state index contributed by atoms with van der Waals surface area (Å²) in [5, 5.41) is 0. The van der Waals surface area contributed by atoms with Crippen molar-refractivity contribution >= 4 is 11.9 Å². The number of carbonyl (C=O) groups excluding carboxylic acids is 2. The van der Waals surface area contributed by atoms with Gasteiger partial charge in [0.2, 0.25) is 5.91 Å². The number of hydrogen-bond donors (Lipinski definition) is 1. The molecular weight excluding hydrogens is 244 g/mol. The molecule has 5 heteroatoms. The van der Waals surface area contributed by atoms with Crippen LogP contribution in [0.4, 0.5) is 0 Å². The molecule has 5 nitrogen and oxygen atoms in total. The molecule has 0 aromatic heterocycles. The first-order valence-electron chi connectivity index (χ1n) is 7.10. The first kappa shape index (κ1) is 16.0. The van der Waals surface area contributed by atoms with E-state index in [9.17, 15) is 9.59 Å². The van der Waals surface area contributed by atoms with E-state index in [4.69, 9.17) is 10.5 Å². The molecule has 0 radical (unpaired) electrons. The van der Waals surface area contributed by atoms with Crippen LogP contribution in [-0.4, -0.2) is 43.0 Å². The Bertz CT molecular complexity index is 319. The van der Waals surface area contributed by atoms with Crippen LogP contribution >= 0.6 is 0 Å². The van der Waals surface area contributed by atoms with Gasteiger partial charge in [0.05, 0.1) is 12.0 Å². The van der Waals surface area contributed by atoms with Gasteiger partial charge < -0.3 is 15.4 Å². The highest BCUT2D eigenvalue weighted by Crippen LogP contribution is 2.41. The number of nitrogens with two attached hydrogens (primary N) is 1. The Kier molecular flexibility index (Phi) is 5.79. The zero-order valence-electron chi connectivity index (χ0n) is 12.3. The van der Waals surface area contributed by atoms with Crippen molar-refractivity contribution in [2.75, 3.05) is 26.2 Å². The van der Waals surface area contributed by atoms with Crippen LogP contribution in [-0.2, 0) is 14.3 Å². The van der Waals surface area contributed by atoms with E-state index >= 15 is 0 Å². The van der Waals surface area contributed by atoms with Crippen molar-refractivity contribution in [3.63, 3.8) is 0 Å². The molecule has 1 saturated carbocycles. The molecule has 1 aliphatic rings. The fourth-order valence-corrected chi connectivity index (χ4v) is 2.47. The normalized spacial score (nSPS) is 16.9. The van der Waals surface area contributed by atoms with Crippen LogP contribution in [0.1, 0.15) is 40.0 Å². The summed E-state index contributed by atoms with van der Waals surface area (Å²) in [5.74, 6) is -0.0146. The van der Waals surface area contributed by atoms with Crippen molar-refractivity contribution in [1.82, 2.24) is 4.90 Å². The van der Waals surface area contributed by atoms with Gasteiger partial charge in [-0.1, -0.05) is 20.3 Å². The zero-order valence-corrected chi connectivity index (χ0v) is 12.3. The van der Waals surface area contributed by atoms with E-state index in [1.165, 1.54) is 0 Å². The molecule has 0 aliphatic heterocycles. The molecule has 0 aromatic rings. The topological polar surface area (TPSA) is 72.6 Å². The molecule has 1 rings (SSSR count). The van der Waals surface area contributed by atoms with Gasteiger partial charge >= 0.3 is 5.97 Å². The maximum Gasteiger partial charge on any atom is 0.325 e. The lowest BCUT2D eigenvalue weighted by Gasteiger charge is -2.42. The molecule has 110 valence electrons. The Morgan fingerprint density at radius 3 is 2.37 bits per heavy atom. The highest BCUT2D eigenvalue weighted by atomic mass is 16.5. The largest absolute Gasteiger partial charge is 0.465 e. The molecule has 0 spiro atoms. The second-order valence-corrected chi connectivity index (χ2v) is 5.72. The summed E-state index contributed by atoms with van der Waals surface area (Å²) in [7, 11) is 0. The fourth-order valence-electron chi connectivity index (χ4n) is 2.47. The maximum absolute atomic E-state index is 12.6. The molecular formula is C14H26N2O3. The molecule has 19 heavy (non-hydrogen) atoms. The smallest absolute Gasteiger partial charge is 0.325 e. The standard InChI is InChI=1S/C14H26N2O3/c1-4-19-12(17)9-16(8-11(2)3)13(18)14(10-15)6-5-7-14/h11H,4-10,15H2,1-3H3. The number of amides is 1. The van der Waals surface area contributed by atoms with Crippen molar-refractivity contribution in [2.24, 2.45) is 17.1 Å². The second kappa shape index (κ2) is 6.89. The van der Waals surface area contributed by atoms with Crippen LogP contribution in [0.3, 0.4) is 0 Å². The quantitative estimate of drug-likeness (QED) is 0.705. The van der Waals surface area contributed by atoms with Crippen LogP contribution < -0.4 is 5.73 Å². The van der Waals surface area contributed by atoms with E-state index in [2.05, 4.69) is 0 Å². The van der Waals surface area contributed by atoms with Gasteiger partial charge in [0.15, 0.2) is 0 Å². The summed E-state index contributed by atoms with van der Waals surface area (Å²) in [6.45, 7) is 7.13. The number of hydrogen-bond acceptors (Lipinski definition) is 4. The molecule has 0 bridgehead atoms. The Labute approximate surface area is 115 Å². The Hall–Kier alpha value is -1.10. The minimum Gasteiger partial charge on any atom is -0.465 e. The van der Waals surface area contributed by atoms with E-state index < -0.39 is 5.41 Å². The van der Waals surface area contributed by atoms with Gasteiger partial charge in [0.1, 0.15) is 6.54 Å². The van der Waals surface area contributed by atoms with Crippen LogP contribution in [0.5, 0.6) is 0 Å². The molecule has 0 saturated heterocycles. The van der Waals surface area contributed by atoms with Gasteiger partial charge in [-0.25, -0.2) is 0 Å². The summed E-state index contributed by atoms with van der Waals surface area (Å²) < 4.78 is 4.94. The molecule has 0 unspecified atom stereocenters. The number of nitrogens with zero attached hydrogens (tertiary/aromatic N) is 1. The SMILES string of the molecule is CCOC(=O)CN(CC(C)C)C(=O)C1(CN)CCC1. The third kappa shape index (κ3) is 3.93.